The van der Waals surface area contributed by atoms with Gasteiger partial charge in [0.2, 0.25) is 0 Å². The highest BCUT2D eigenvalue weighted by atomic mass is 14.0. The van der Waals surface area contributed by atoms with Crippen molar-refractivity contribution < 1.29 is 0 Å². The molecule has 0 aliphatic rings. The summed E-state index contributed by atoms with van der Waals surface area (Å²) in [7, 11) is 0. The Hall–Kier alpha value is -1.04. The average molecular weight is 144 g/mol. The summed E-state index contributed by atoms with van der Waals surface area (Å²) in [6.45, 7) is 7.56. The second-order valence-electron chi connectivity index (χ2n) is 2.35. The summed E-state index contributed by atoms with van der Waals surface area (Å²) >= 11 is 0. The van der Waals surface area contributed by atoms with E-state index >= 15 is 0 Å². The van der Waals surface area contributed by atoms with Gasteiger partial charge in [-0.25, -0.2) is 0 Å². The van der Waals surface area contributed by atoms with E-state index in [9.17, 15) is 0 Å². The molecule has 0 saturated carbocycles. The first-order valence-electron chi connectivity index (χ1n) is 3.71. The summed E-state index contributed by atoms with van der Waals surface area (Å²) in [5.74, 6) is 0. The lowest BCUT2D eigenvalue weighted by Crippen LogP contribution is -1.80. The van der Waals surface area contributed by atoms with Crippen molar-refractivity contribution in [1.82, 2.24) is 0 Å². The molecular weight excluding hydrogens is 132 g/mol. The van der Waals surface area contributed by atoms with Crippen LogP contribution in [0.3, 0.4) is 0 Å². The third kappa shape index (κ3) is 1.94. The Morgan fingerprint density at radius 2 is 1.91 bits per heavy atom. The molecule has 11 heavy (non-hydrogen) atoms. The molecular formula is C11H12. The first-order chi connectivity index (χ1) is 5.38. The molecule has 56 valence electrons. The summed E-state index contributed by atoms with van der Waals surface area (Å²) in [6, 6.07) is 10.2. The number of rotatable bonds is 2. The summed E-state index contributed by atoms with van der Waals surface area (Å²) in [5, 5.41) is 0. The molecule has 0 saturated heterocycles. The van der Waals surface area contributed by atoms with Crippen molar-refractivity contribution >= 4 is 5.57 Å². The molecule has 0 aromatic heterocycles. The molecule has 2 radical (unpaired) electrons. The van der Waals surface area contributed by atoms with Crippen molar-refractivity contribution in [3.8, 4) is 0 Å². The zero-order valence-electron chi connectivity index (χ0n) is 6.59. The molecule has 1 aromatic carbocycles. The molecule has 0 bridgehead atoms. The molecule has 0 aliphatic heterocycles. The number of allylic oxidation sites excluding steroid dienone is 2. The summed E-state index contributed by atoms with van der Waals surface area (Å²) in [5.41, 5.74) is 2.42. The van der Waals surface area contributed by atoms with Crippen LogP contribution < -0.4 is 0 Å². The van der Waals surface area contributed by atoms with E-state index < -0.39 is 0 Å². The molecule has 0 atom stereocenters. The summed E-state index contributed by atoms with van der Waals surface area (Å²) in [6.07, 6.45) is 2.66. The van der Waals surface area contributed by atoms with E-state index in [1.54, 1.807) is 0 Å². The van der Waals surface area contributed by atoms with Gasteiger partial charge in [-0.1, -0.05) is 36.4 Å². The smallest absolute Gasteiger partial charge is 0.0228 e. The van der Waals surface area contributed by atoms with Crippen LogP contribution in [0.15, 0.2) is 36.4 Å². The quantitative estimate of drug-likeness (QED) is 0.598. The number of benzene rings is 1. The molecule has 1 rings (SSSR count). The van der Waals surface area contributed by atoms with Crippen LogP contribution in [0.2, 0.25) is 0 Å². The minimum atomic E-state index is 0.799. The van der Waals surface area contributed by atoms with Gasteiger partial charge in [-0.3, -0.25) is 0 Å². The van der Waals surface area contributed by atoms with Gasteiger partial charge >= 0.3 is 0 Å². The van der Waals surface area contributed by atoms with Crippen molar-refractivity contribution in [2.45, 2.75) is 6.42 Å². The molecule has 0 heteroatoms. The maximum Gasteiger partial charge on any atom is -0.0228 e. The Balaban J connectivity index is 2.92. The molecule has 0 fully saturated rings. The zero-order valence-corrected chi connectivity index (χ0v) is 6.59. The van der Waals surface area contributed by atoms with Gasteiger partial charge in [-0.2, -0.15) is 0 Å². The highest BCUT2D eigenvalue weighted by Gasteiger charge is 1.93. The molecule has 0 aliphatic carbocycles. The van der Waals surface area contributed by atoms with E-state index in [1.807, 2.05) is 24.3 Å². The Labute approximate surface area is 68.6 Å². The van der Waals surface area contributed by atoms with E-state index in [-0.39, 0.29) is 0 Å². The van der Waals surface area contributed by atoms with Crippen LogP contribution in [-0.4, -0.2) is 0 Å². The van der Waals surface area contributed by atoms with Crippen LogP contribution in [0.5, 0.6) is 0 Å². The van der Waals surface area contributed by atoms with Crippen molar-refractivity contribution in [3.05, 3.63) is 55.8 Å². The zero-order chi connectivity index (χ0) is 8.10. The molecule has 0 heterocycles. The maximum absolute atomic E-state index is 3.82. The van der Waals surface area contributed by atoms with Gasteiger partial charge in [0, 0.05) is 0 Å². The second-order valence-corrected chi connectivity index (χ2v) is 2.35. The normalized spacial score (nSPS) is 11.6. The molecule has 0 spiro atoms. The Morgan fingerprint density at radius 3 is 2.36 bits per heavy atom. The lowest BCUT2D eigenvalue weighted by atomic mass is 10.0. The average Bonchev–Trinajstić information content (AvgIpc) is 2.09. The largest absolute Gasteiger partial charge is 0.0804 e. The van der Waals surface area contributed by atoms with Gasteiger partial charge in [0.15, 0.2) is 0 Å². The third-order valence-electron chi connectivity index (χ3n) is 1.66. The first kappa shape index (κ1) is 8.06. The van der Waals surface area contributed by atoms with E-state index in [4.69, 9.17) is 0 Å². The van der Waals surface area contributed by atoms with Crippen molar-refractivity contribution in [1.29, 1.82) is 0 Å². The van der Waals surface area contributed by atoms with E-state index in [0.29, 0.717) is 0 Å². The monoisotopic (exact) mass is 144 g/mol. The van der Waals surface area contributed by atoms with Gasteiger partial charge < -0.3 is 0 Å². The fourth-order valence-corrected chi connectivity index (χ4v) is 1.02. The fourth-order valence-electron chi connectivity index (χ4n) is 1.02. The lowest BCUT2D eigenvalue weighted by molar-refractivity contribution is 1.39. The molecule has 1 aromatic rings. The predicted octanol–water partition coefficient (Wildman–Crippen LogP) is 3.13. The van der Waals surface area contributed by atoms with Gasteiger partial charge in [0.25, 0.3) is 0 Å². The Morgan fingerprint density at radius 1 is 1.27 bits per heavy atom. The SMILES string of the molecule is [CH2]C=C(C[CH2])c1ccccc1. The Bertz CT molecular complexity index is 231. The van der Waals surface area contributed by atoms with Crippen molar-refractivity contribution in [2.75, 3.05) is 0 Å². The van der Waals surface area contributed by atoms with Gasteiger partial charge in [-0.05, 0) is 31.4 Å². The Kier molecular flexibility index (Phi) is 2.91. The maximum atomic E-state index is 3.82. The van der Waals surface area contributed by atoms with Gasteiger partial charge in [-0.15, -0.1) is 0 Å². The van der Waals surface area contributed by atoms with E-state index in [0.717, 1.165) is 6.42 Å². The highest BCUT2D eigenvalue weighted by molar-refractivity contribution is 5.66. The summed E-state index contributed by atoms with van der Waals surface area (Å²) in [4.78, 5) is 0. The number of hydrogen-bond acceptors (Lipinski definition) is 0. The van der Waals surface area contributed by atoms with Crippen LogP contribution in [0.25, 0.3) is 5.57 Å². The van der Waals surface area contributed by atoms with Gasteiger partial charge in [0.1, 0.15) is 0 Å². The molecule has 0 N–H and O–H groups in total. The van der Waals surface area contributed by atoms with E-state index in [1.165, 1.54) is 11.1 Å². The standard InChI is InChI=1S/C11H12/c1-3-10(4-2)11-8-6-5-7-9-11/h3,5-9H,1-2,4H2. The third-order valence-corrected chi connectivity index (χ3v) is 1.66. The van der Waals surface area contributed by atoms with Crippen molar-refractivity contribution in [2.24, 2.45) is 0 Å². The lowest BCUT2D eigenvalue weighted by Gasteiger charge is -2.01. The molecule has 0 amide bonds. The number of hydrogen-bond donors (Lipinski definition) is 0. The predicted molar refractivity (Wildman–Crippen MR) is 49.8 cm³/mol. The molecule has 0 nitrogen and oxygen atoms in total. The van der Waals surface area contributed by atoms with Crippen molar-refractivity contribution in [3.63, 3.8) is 0 Å². The van der Waals surface area contributed by atoms with Crippen LogP contribution in [0.4, 0.5) is 0 Å². The van der Waals surface area contributed by atoms with Crippen LogP contribution >= 0.6 is 0 Å². The first-order valence-corrected chi connectivity index (χ1v) is 3.71. The highest BCUT2D eigenvalue weighted by Crippen LogP contribution is 2.15. The van der Waals surface area contributed by atoms with Gasteiger partial charge in [0.05, 0.1) is 0 Å². The van der Waals surface area contributed by atoms with Crippen LogP contribution in [0, 0.1) is 13.8 Å². The van der Waals surface area contributed by atoms with Crippen LogP contribution in [-0.2, 0) is 0 Å². The second kappa shape index (κ2) is 3.97. The minimum Gasteiger partial charge on any atom is -0.0804 e. The summed E-state index contributed by atoms with van der Waals surface area (Å²) < 4.78 is 0. The van der Waals surface area contributed by atoms with E-state index in [2.05, 4.69) is 26.0 Å². The molecule has 0 unspecified atom stereocenters. The fraction of sp³-hybridized carbons (Fsp3) is 0.0909. The minimum absolute atomic E-state index is 0.799. The topological polar surface area (TPSA) is 0 Å². The van der Waals surface area contributed by atoms with Crippen LogP contribution in [0.1, 0.15) is 12.0 Å².